The molecule has 0 amide bonds. The Morgan fingerprint density at radius 1 is 0.920 bits per heavy atom. The Balaban J connectivity index is 0.00000225. The summed E-state index contributed by atoms with van der Waals surface area (Å²) in [6.45, 7) is 1.96. The third-order valence-corrected chi connectivity index (χ3v) is 4.39. The molecule has 0 aromatic heterocycles. The number of nitrogens with zero attached hydrogens (tertiary/aromatic N) is 2. The van der Waals surface area contributed by atoms with Gasteiger partial charge in [0.05, 0.1) is 10.6 Å². The molecule has 0 radical (unpaired) electrons. The smallest absolute Gasteiger partial charge is 0.506 e. The van der Waals surface area contributed by atoms with Crippen LogP contribution in [-0.4, -0.2) is 18.1 Å². The number of hydrogen-bond acceptors (Lipinski definition) is 5. The monoisotopic (exact) mass is 365 g/mol. The first-order valence-corrected chi connectivity index (χ1v) is 8.50. The van der Waals surface area contributed by atoms with E-state index in [4.69, 9.17) is 4.55 Å². The molecule has 122 valence electrons. The predicted octanol–water partition coefficient (Wildman–Crippen LogP) is 1.52. The zero-order valence-electron chi connectivity index (χ0n) is 13.7. The second-order valence-electron chi connectivity index (χ2n) is 5.33. The molecular formula is C17H14N2NaO4S+. The van der Waals surface area contributed by atoms with Crippen LogP contribution in [-0.2, 0) is 10.1 Å². The van der Waals surface area contributed by atoms with Gasteiger partial charge < -0.3 is 5.11 Å². The van der Waals surface area contributed by atoms with E-state index in [0.29, 0.717) is 16.5 Å². The Morgan fingerprint density at radius 2 is 1.60 bits per heavy atom. The molecule has 0 saturated heterocycles. The van der Waals surface area contributed by atoms with Crippen LogP contribution in [0.2, 0.25) is 0 Å². The van der Waals surface area contributed by atoms with Crippen LogP contribution in [0.25, 0.3) is 10.8 Å². The van der Waals surface area contributed by atoms with Crippen LogP contribution in [0.4, 0.5) is 11.4 Å². The van der Waals surface area contributed by atoms with Gasteiger partial charge in [0.15, 0.2) is 0 Å². The SMILES string of the molecule is Cc1ccc(N=Nc2c(O)ccc3cc(S(=O)(=O)O)ccc23)cc1.[Na+]. The normalized spacial score (nSPS) is 11.6. The molecule has 0 atom stereocenters. The molecule has 0 bridgehead atoms. The van der Waals surface area contributed by atoms with Crippen molar-refractivity contribution in [1.29, 1.82) is 0 Å². The van der Waals surface area contributed by atoms with Gasteiger partial charge in [0.2, 0.25) is 0 Å². The van der Waals surface area contributed by atoms with Crippen LogP contribution in [0.1, 0.15) is 5.56 Å². The van der Waals surface area contributed by atoms with Gasteiger partial charge in [0.1, 0.15) is 11.4 Å². The quantitative estimate of drug-likeness (QED) is 0.418. The van der Waals surface area contributed by atoms with Crippen LogP contribution in [0.5, 0.6) is 5.75 Å². The van der Waals surface area contributed by atoms with Crippen molar-refractivity contribution in [2.45, 2.75) is 11.8 Å². The fraction of sp³-hybridized carbons (Fsp3) is 0.0588. The van der Waals surface area contributed by atoms with Crippen molar-refractivity contribution in [1.82, 2.24) is 0 Å². The van der Waals surface area contributed by atoms with E-state index in [1.165, 1.54) is 24.3 Å². The molecule has 6 nitrogen and oxygen atoms in total. The minimum absolute atomic E-state index is 0. The molecule has 3 rings (SSSR count). The van der Waals surface area contributed by atoms with Crippen molar-refractivity contribution in [3.63, 3.8) is 0 Å². The van der Waals surface area contributed by atoms with Crippen molar-refractivity contribution >= 4 is 32.3 Å². The van der Waals surface area contributed by atoms with E-state index in [1.807, 2.05) is 19.1 Å². The summed E-state index contributed by atoms with van der Waals surface area (Å²) in [6.07, 6.45) is 0. The largest absolute Gasteiger partial charge is 1.00 e. The fourth-order valence-corrected chi connectivity index (χ4v) is 2.78. The second kappa shape index (κ2) is 7.63. The Labute approximate surface area is 167 Å². The van der Waals surface area contributed by atoms with Crippen molar-refractivity contribution in [2.24, 2.45) is 10.2 Å². The average molecular weight is 365 g/mol. The molecule has 3 aromatic rings. The number of benzene rings is 3. The van der Waals surface area contributed by atoms with Gasteiger partial charge >= 0.3 is 29.6 Å². The average Bonchev–Trinajstić information content (AvgIpc) is 2.54. The van der Waals surface area contributed by atoms with Crippen molar-refractivity contribution in [3.8, 4) is 5.75 Å². The van der Waals surface area contributed by atoms with Gasteiger partial charge in [-0.25, -0.2) is 0 Å². The number of fused-ring (bicyclic) bond motifs is 1. The van der Waals surface area contributed by atoms with Gasteiger partial charge in [-0.2, -0.15) is 13.5 Å². The summed E-state index contributed by atoms with van der Waals surface area (Å²) >= 11 is 0. The van der Waals surface area contributed by atoms with E-state index >= 15 is 0 Å². The third kappa shape index (κ3) is 4.45. The molecular weight excluding hydrogens is 351 g/mol. The van der Waals surface area contributed by atoms with Crippen LogP contribution in [0.3, 0.4) is 0 Å². The molecule has 0 unspecified atom stereocenters. The maximum absolute atomic E-state index is 11.2. The van der Waals surface area contributed by atoms with Gasteiger partial charge in [-0.15, -0.1) is 5.11 Å². The predicted molar refractivity (Wildman–Crippen MR) is 90.8 cm³/mol. The van der Waals surface area contributed by atoms with E-state index in [9.17, 15) is 13.5 Å². The summed E-state index contributed by atoms with van der Waals surface area (Å²) in [4.78, 5) is -0.220. The standard InChI is InChI=1S/C17H14N2O4S.Na/c1-11-2-5-13(6-3-11)18-19-17-15-8-7-14(24(21,22)23)10-12(15)4-9-16(17)20;/h2-10,20H,1H3,(H,21,22,23);/q;+1. The third-order valence-electron chi connectivity index (χ3n) is 3.54. The number of aryl methyl sites for hydroxylation is 1. The minimum atomic E-state index is -4.29. The van der Waals surface area contributed by atoms with Crippen LogP contribution in [0, 0.1) is 6.92 Å². The Bertz CT molecular complexity index is 1050. The second-order valence-corrected chi connectivity index (χ2v) is 6.75. The molecule has 0 spiro atoms. The molecule has 0 saturated carbocycles. The zero-order chi connectivity index (χ0) is 17.3. The summed E-state index contributed by atoms with van der Waals surface area (Å²) < 4.78 is 31.6. The van der Waals surface area contributed by atoms with Crippen LogP contribution >= 0.6 is 0 Å². The minimum Gasteiger partial charge on any atom is -0.506 e. The van der Waals surface area contributed by atoms with Gasteiger partial charge in [-0.1, -0.05) is 29.8 Å². The molecule has 0 heterocycles. The fourth-order valence-electron chi connectivity index (χ4n) is 2.26. The first kappa shape index (κ1) is 19.6. The van der Waals surface area contributed by atoms with Gasteiger partial charge in [-0.3, -0.25) is 4.55 Å². The van der Waals surface area contributed by atoms with Gasteiger partial charge in [0, 0.05) is 5.39 Å². The summed E-state index contributed by atoms with van der Waals surface area (Å²) in [5, 5.41) is 19.3. The Kier molecular flexibility index (Phi) is 5.97. The summed E-state index contributed by atoms with van der Waals surface area (Å²) in [5.41, 5.74) is 1.96. The molecule has 0 aliphatic heterocycles. The molecule has 25 heavy (non-hydrogen) atoms. The zero-order valence-corrected chi connectivity index (χ0v) is 16.5. The molecule has 0 aliphatic carbocycles. The molecule has 8 heteroatoms. The number of hydrogen-bond donors (Lipinski definition) is 2. The first-order valence-electron chi connectivity index (χ1n) is 7.06. The number of phenolic OH excluding ortho intramolecular Hbond substituents is 1. The molecule has 0 aliphatic rings. The van der Waals surface area contributed by atoms with E-state index in [0.717, 1.165) is 5.56 Å². The molecule has 0 fully saturated rings. The maximum Gasteiger partial charge on any atom is 1.00 e. The van der Waals surface area contributed by atoms with E-state index in [2.05, 4.69) is 10.2 Å². The van der Waals surface area contributed by atoms with Crippen molar-refractivity contribution in [3.05, 3.63) is 60.2 Å². The molecule has 3 aromatic carbocycles. The van der Waals surface area contributed by atoms with Gasteiger partial charge in [0.25, 0.3) is 10.1 Å². The number of aromatic hydroxyl groups is 1. The molecule has 2 N–H and O–H groups in total. The van der Waals surface area contributed by atoms with Crippen LogP contribution in [0.15, 0.2) is 69.7 Å². The van der Waals surface area contributed by atoms with E-state index < -0.39 is 10.1 Å². The Hall–Kier alpha value is -1.77. The van der Waals surface area contributed by atoms with E-state index in [1.54, 1.807) is 18.2 Å². The van der Waals surface area contributed by atoms with Crippen LogP contribution < -0.4 is 29.6 Å². The summed E-state index contributed by atoms with van der Waals surface area (Å²) in [6, 6.07) is 14.4. The van der Waals surface area contributed by atoms with Gasteiger partial charge in [-0.05, 0) is 42.6 Å². The first-order chi connectivity index (χ1) is 11.3. The summed E-state index contributed by atoms with van der Waals surface area (Å²) in [5.74, 6) is -0.0713. The van der Waals surface area contributed by atoms with Crippen molar-refractivity contribution < 1.29 is 47.6 Å². The number of rotatable bonds is 3. The van der Waals surface area contributed by atoms with E-state index in [-0.39, 0.29) is 45.9 Å². The topological polar surface area (TPSA) is 99.3 Å². The number of azo groups is 1. The summed E-state index contributed by atoms with van der Waals surface area (Å²) in [7, 11) is -4.29. The maximum atomic E-state index is 11.2. The Morgan fingerprint density at radius 3 is 2.24 bits per heavy atom. The van der Waals surface area contributed by atoms with Crippen molar-refractivity contribution in [2.75, 3.05) is 0 Å². The number of phenols is 1.